The highest BCUT2D eigenvalue weighted by atomic mass is 35.5. The van der Waals surface area contributed by atoms with Crippen LogP contribution in [0.4, 0.5) is 0 Å². The summed E-state index contributed by atoms with van der Waals surface area (Å²) >= 11 is 12.7. The van der Waals surface area contributed by atoms with Crippen LogP contribution in [0.5, 0.6) is 5.75 Å². The molecule has 0 unspecified atom stereocenters. The molecule has 4 aromatic rings. The van der Waals surface area contributed by atoms with Crippen molar-refractivity contribution in [1.82, 2.24) is 4.98 Å². The van der Waals surface area contributed by atoms with Crippen LogP contribution in [0, 0.1) is 0 Å². The molecule has 0 aliphatic heterocycles. The van der Waals surface area contributed by atoms with Gasteiger partial charge in [-0.15, -0.1) is 0 Å². The highest BCUT2D eigenvalue weighted by Gasteiger charge is 2.20. The number of ether oxygens (including phenoxy) is 1. The van der Waals surface area contributed by atoms with Crippen LogP contribution in [0.3, 0.4) is 0 Å². The van der Waals surface area contributed by atoms with Gasteiger partial charge in [0.1, 0.15) is 5.69 Å². The highest BCUT2D eigenvalue weighted by molar-refractivity contribution is 7.90. The van der Waals surface area contributed by atoms with Crippen LogP contribution < -0.4 is 4.74 Å². The van der Waals surface area contributed by atoms with Gasteiger partial charge in [0.05, 0.1) is 22.1 Å². The lowest BCUT2D eigenvalue weighted by Gasteiger charge is -2.08. The third kappa shape index (κ3) is 4.67. The molecule has 0 saturated heterocycles. The van der Waals surface area contributed by atoms with Gasteiger partial charge < -0.3 is 9.15 Å². The number of sulfone groups is 1. The third-order valence-electron chi connectivity index (χ3n) is 4.89. The Morgan fingerprint density at radius 3 is 2.12 bits per heavy atom. The zero-order chi connectivity index (χ0) is 22.9. The molecule has 0 saturated carbocycles. The Morgan fingerprint density at radius 1 is 0.938 bits per heavy atom. The second-order valence-corrected chi connectivity index (χ2v) is 10.0. The minimum atomic E-state index is -3.31. The molecule has 0 aliphatic rings. The average Bonchev–Trinajstić information content (AvgIpc) is 3.17. The van der Waals surface area contributed by atoms with E-state index in [0.717, 1.165) is 5.56 Å². The van der Waals surface area contributed by atoms with Crippen molar-refractivity contribution in [3.05, 3.63) is 88.2 Å². The largest absolute Gasteiger partial charge is 0.494 e. The summed E-state index contributed by atoms with van der Waals surface area (Å²) < 4.78 is 35.1. The van der Waals surface area contributed by atoms with Crippen molar-refractivity contribution < 1.29 is 17.6 Å². The van der Waals surface area contributed by atoms with Gasteiger partial charge in [0.15, 0.2) is 27.2 Å². The molecule has 0 fully saturated rings. The third-order valence-corrected chi connectivity index (χ3v) is 6.58. The van der Waals surface area contributed by atoms with Crippen LogP contribution in [0.25, 0.3) is 22.6 Å². The number of oxazole rings is 1. The van der Waals surface area contributed by atoms with Gasteiger partial charge in [-0.25, -0.2) is 13.4 Å². The zero-order valence-electron chi connectivity index (χ0n) is 17.3. The quantitative estimate of drug-likeness (QED) is 0.318. The molecule has 1 aromatic heterocycles. The fourth-order valence-electron chi connectivity index (χ4n) is 3.35. The molecule has 8 heteroatoms. The summed E-state index contributed by atoms with van der Waals surface area (Å²) in [6.45, 7) is 0. The van der Waals surface area contributed by atoms with Crippen LogP contribution in [0.2, 0.25) is 10.0 Å². The molecular formula is C24H19Cl2NO4S. The number of aromatic nitrogens is 1. The Hall–Kier alpha value is -2.80. The van der Waals surface area contributed by atoms with E-state index in [9.17, 15) is 8.42 Å². The van der Waals surface area contributed by atoms with E-state index in [1.165, 1.54) is 13.4 Å². The van der Waals surface area contributed by atoms with Gasteiger partial charge in [0.25, 0.3) is 0 Å². The van der Waals surface area contributed by atoms with Crippen molar-refractivity contribution in [2.45, 2.75) is 11.3 Å². The molecule has 0 aliphatic carbocycles. The molecule has 5 nitrogen and oxygen atoms in total. The van der Waals surface area contributed by atoms with Crippen molar-refractivity contribution in [3.8, 4) is 28.3 Å². The molecular weight excluding hydrogens is 469 g/mol. The zero-order valence-corrected chi connectivity index (χ0v) is 19.6. The first kappa shape index (κ1) is 22.4. The van der Waals surface area contributed by atoms with Crippen molar-refractivity contribution in [1.29, 1.82) is 0 Å². The van der Waals surface area contributed by atoms with Crippen LogP contribution in [-0.4, -0.2) is 26.8 Å². The Kier molecular flexibility index (Phi) is 6.29. The van der Waals surface area contributed by atoms with E-state index in [-0.39, 0.29) is 4.90 Å². The first-order valence-electron chi connectivity index (χ1n) is 9.64. The number of nitrogens with zero attached hydrogens (tertiary/aromatic N) is 1. The fraction of sp³-hybridized carbons (Fsp3) is 0.125. The van der Waals surface area contributed by atoms with Crippen molar-refractivity contribution in [3.63, 3.8) is 0 Å². The second-order valence-electron chi connectivity index (χ2n) is 7.22. The summed E-state index contributed by atoms with van der Waals surface area (Å²) in [5.41, 5.74) is 2.94. The van der Waals surface area contributed by atoms with Gasteiger partial charge in [0.2, 0.25) is 0 Å². The van der Waals surface area contributed by atoms with Gasteiger partial charge in [-0.1, -0.05) is 53.5 Å². The number of benzene rings is 3. The summed E-state index contributed by atoms with van der Waals surface area (Å²) in [6, 6.07) is 19.7. The normalized spacial score (nSPS) is 11.5. The number of methoxy groups -OCH3 is 1. The maximum atomic E-state index is 11.8. The van der Waals surface area contributed by atoms with E-state index in [4.69, 9.17) is 37.3 Å². The minimum Gasteiger partial charge on any atom is -0.494 e. The molecule has 0 spiro atoms. The van der Waals surface area contributed by atoms with E-state index in [0.29, 0.717) is 50.7 Å². The Morgan fingerprint density at radius 2 is 1.56 bits per heavy atom. The molecule has 1 heterocycles. The summed E-state index contributed by atoms with van der Waals surface area (Å²) in [6.07, 6.45) is 1.66. The molecule has 32 heavy (non-hydrogen) atoms. The minimum absolute atomic E-state index is 0.224. The van der Waals surface area contributed by atoms with Gasteiger partial charge >= 0.3 is 0 Å². The van der Waals surface area contributed by atoms with Crippen LogP contribution in [-0.2, 0) is 16.3 Å². The number of halogens is 2. The van der Waals surface area contributed by atoms with Gasteiger partial charge in [-0.05, 0) is 42.0 Å². The van der Waals surface area contributed by atoms with Crippen LogP contribution in [0.1, 0.15) is 11.5 Å². The van der Waals surface area contributed by atoms with Crippen molar-refractivity contribution in [2.75, 3.05) is 13.4 Å². The maximum absolute atomic E-state index is 11.8. The molecule has 0 N–H and O–H groups in total. The summed E-state index contributed by atoms with van der Waals surface area (Å²) in [5, 5.41) is 0.696. The van der Waals surface area contributed by atoms with Gasteiger partial charge in [0, 0.05) is 23.8 Å². The molecule has 0 radical (unpaired) electrons. The maximum Gasteiger partial charge on any atom is 0.199 e. The van der Waals surface area contributed by atoms with E-state index < -0.39 is 9.84 Å². The monoisotopic (exact) mass is 487 g/mol. The lowest BCUT2D eigenvalue weighted by atomic mass is 10.1. The standard InChI is InChI=1S/C24H19Cl2NO4S/c1-30-24-19(25)13-17(14-20(24)26)22-23(16-8-10-18(11-9-16)32(2,28)29)31-21(27-22)12-15-6-4-3-5-7-15/h3-11,13-14H,12H2,1-2H3. The molecule has 0 amide bonds. The number of hydrogen-bond acceptors (Lipinski definition) is 5. The SMILES string of the molecule is COc1c(Cl)cc(-c2nc(Cc3ccccc3)oc2-c2ccc(S(C)(=O)=O)cc2)cc1Cl. The van der Waals surface area contributed by atoms with Gasteiger partial charge in [-0.2, -0.15) is 0 Å². The molecule has 164 valence electrons. The summed E-state index contributed by atoms with van der Waals surface area (Å²) in [4.78, 5) is 4.94. The fourth-order valence-corrected chi connectivity index (χ4v) is 4.62. The smallest absolute Gasteiger partial charge is 0.199 e. The Balaban J connectivity index is 1.84. The topological polar surface area (TPSA) is 69.4 Å². The van der Waals surface area contributed by atoms with E-state index >= 15 is 0 Å². The predicted molar refractivity (Wildman–Crippen MR) is 126 cm³/mol. The number of rotatable bonds is 6. The van der Waals surface area contributed by atoms with Crippen LogP contribution >= 0.6 is 23.2 Å². The molecule has 0 atom stereocenters. The lowest BCUT2D eigenvalue weighted by molar-refractivity contribution is 0.415. The molecule has 4 rings (SSSR count). The van der Waals surface area contributed by atoms with Crippen molar-refractivity contribution >= 4 is 33.0 Å². The molecule has 3 aromatic carbocycles. The lowest BCUT2D eigenvalue weighted by Crippen LogP contribution is -1.96. The first-order chi connectivity index (χ1) is 15.3. The van der Waals surface area contributed by atoms with Crippen molar-refractivity contribution in [2.24, 2.45) is 0 Å². The van der Waals surface area contributed by atoms with E-state index in [2.05, 4.69) is 0 Å². The Labute approximate surface area is 196 Å². The van der Waals surface area contributed by atoms with E-state index in [1.807, 2.05) is 30.3 Å². The number of hydrogen-bond donors (Lipinski definition) is 0. The van der Waals surface area contributed by atoms with E-state index in [1.54, 1.807) is 36.4 Å². The van der Waals surface area contributed by atoms with Gasteiger partial charge in [-0.3, -0.25) is 0 Å². The highest BCUT2D eigenvalue weighted by Crippen LogP contribution is 2.40. The first-order valence-corrected chi connectivity index (χ1v) is 12.3. The second kappa shape index (κ2) is 8.98. The molecule has 0 bridgehead atoms. The average molecular weight is 488 g/mol. The Bertz CT molecular complexity index is 1340. The van der Waals surface area contributed by atoms with Crippen LogP contribution in [0.15, 0.2) is 76.0 Å². The predicted octanol–water partition coefficient (Wildman–Crippen LogP) is 6.32. The summed E-state index contributed by atoms with van der Waals surface area (Å²) in [7, 11) is -1.82. The summed E-state index contributed by atoms with van der Waals surface area (Å²) in [5.74, 6) is 1.38.